The highest BCUT2D eigenvalue weighted by molar-refractivity contribution is 5.76. The van der Waals surface area contributed by atoms with Crippen LogP contribution in [0.3, 0.4) is 0 Å². The number of hydrogen-bond donors (Lipinski definition) is 2. The molecular formula is C15H20F2N2O4. The minimum absolute atomic E-state index is 0.0141. The van der Waals surface area contributed by atoms with Crippen molar-refractivity contribution in [3.05, 3.63) is 23.8 Å². The number of rotatable bonds is 7. The number of morpholine rings is 1. The molecule has 0 spiro atoms. The zero-order chi connectivity index (χ0) is 16.7. The van der Waals surface area contributed by atoms with E-state index in [-0.39, 0.29) is 30.7 Å². The van der Waals surface area contributed by atoms with Gasteiger partial charge >= 0.3 is 6.61 Å². The quantitative estimate of drug-likeness (QED) is 0.788. The fraction of sp³-hybridized carbons (Fsp3) is 0.533. The Labute approximate surface area is 133 Å². The Morgan fingerprint density at radius 1 is 1.52 bits per heavy atom. The van der Waals surface area contributed by atoms with E-state index in [4.69, 9.17) is 9.47 Å². The van der Waals surface area contributed by atoms with Gasteiger partial charge in [-0.15, -0.1) is 0 Å². The average Bonchev–Trinajstić information content (AvgIpc) is 2.54. The van der Waals surface area contributed by atoms with Crippen molar-refractivity contribution in [3.8, 4) is 11.5 Å². The highest BCUT2D eigenvalue weighted by atomic mass is 19.3. The Kier molecular flexibility index (Phi) is 6.54. The normalized spacial score (nSPS) is 17.8. The molecule has 1 aromatic rings. The van der Waals surface area contributed by atoms with Crippen molar-refractivity contribution < 1.29 is 27.8 Å². The Bertz CT molecular complexity index is 522. The predicted molar refractivity (Wildman–Crippen MR) is 78.7 cm³/mol. The van der Waals surface area contributed by atoms with Crippen molar-refractivity contribution in [1.82, 2.24) is 10.6 Å². The number of carbonyl (C=O) groups excluding carboxylic acids is 1. The molecule has 1 amide bonds. The van der Waals surface area contributed by atoms with Crippen molar-refractivity contribution in [1.29, 1.82) is 0 Å². The number of carbonyl (C=O) groups is 1. The van der Waals surface area contributed by atoms with Crippen molar-refractivity contribution in [2.45, 2.75) is 25.6 Å². The van der Waals surface area contributed by atoms with Gasteiger partial charge in [0.15, 0.2) is 0 Å². The van der Waals surface area contributed by atoms with Gasteiger partial charge in [-0.3, -0.25) is 4.79 Å². The molecule has 1 heterocycles. The van der Waals surface area contributed by atoms with Crippen LogP contribution in [0, 0.1) is 0 Å². The first-order chi connectivity index (χ1) is 11.1. The van der Waals surface area contributed by atoms with E-state index in [0.717, 1.165) is 0 Å². The van der Waals surface area contributed by atoms with Gasteiger partial charge in [-0.1, -0.05) is 0 Å². The maximum absolute atomic E-state index is 12.4. The molecule has 1 atom stereocenters. The number of alkyl halides is 2. The topological polar surface area (TPSA) is 68.8 Å². The minimum atomic E-state index is -2.93. The zero-order valence-electron chi connectivity index (χ0n) is 12.8. The van der Waals surface area contributed by atoms with Crippen LogP contribution in [0.5, 0.6) is 11.5 Å². The smallest absolute Gasteiger partial charge is 0.387 e. The summed E-state index contributed by atoms with van der Waals surface area (Å²) in [5, 5.41) is 5.87. The predicted octanol–water partition coefficient (Wildman–Crippen LogP) is 1.29. The molecule has 8 heteroatoms. The van der Waals surface area contributed by atoms with Crippen molar-refractivity contribution in [2.75, 3.05) is 26.9 Å². The Morgan fingerprint density at radius 3 is 3.00 bits per heavy atom. The molecule has 1 aromatic carbocycles. The fourth-order valence-electron chi connectivity index (χ4n) is 2.27. The molecule has 2 N–H and O–H groups in total. The molecule has 0 radical (unpaired) electrons. The van der Waals surface area contributed by atoms with Crippen molar-refractivity contribution in [2.24, 2.45) is 0 Å². The Morgan fingerprint density at radius 2 is 2.35 bits per heavy atom. The summed E-state index contributed by atoms with van der Waals surface area (Å²) in [5.74, 6) is 0.317. The summed E-state index contributed by atoms with van der Waals surface area (Å²) in [4.78, 5) is 11.9. The maximum Gasteiger partial charge on any atom is 0.387 e. The lowest BCUT2D eigenvalue weighted by Crippen LogP contribution is -2.44. The molecule has 1 unspecified atom stereocenters. The van der Waals surface area contributed by atoms with Crippen LogP contribution in [0.1, 0.15) is 12.0 Å². The molecule has 1 saturated heterocycles. The molecule has 128 valence electrons. The molecular weight excluding hydrogens is 310 g/mol. The summed E-state index contributed by atoms with van der Waals surface area (Å²) in [6.07, 6.45) is 0.259. The van der Waals surface area contributed by atoms with E-state index in [1.165, 1.54) is 19.2 Å². The van der Waals surface area contributed by atoms with Crippen LogP contribution >= 0.6 is 0 Å². The van der Waals surface area contributed by atoms with Crippen LogP contribution < -0.4 is 20.1 Å². The maximum atomic E-state index is 12.4. The molecule has 1 fully saturated rings. The van der Waals surface area contributed by atoms with Gasteiger partial charge in [0.2, 0.25) is 5.91 Å². The molecule has 2 rings (SSSR count). The van der Waals surface area contributed by atoms with Gasteiger partial charge in [-0.25, -0.2) is 0 Å². The number of ether oxygens (including phenoxy) is 3. The van der Waals surface area contributed by atoms with Gasteiger partial charge in [0.25, 0.3) is 0 Å². The zero-order valence-corrected chi connectivity index (χ0v) is 12.8. The summed E-state index contributed by atoms with van der Waals surface area (Å²) >= 11 is 0. The Balaban J connectivity index is 1.93. The molecule has 0 aromatic heterocycles. The van der Waals surface area contributed by atoms with Crippen LogP contribution in [0.2, 0.25) is 0 Å². The van der Waals surface area contributed by atoms with E-state index < -0.39 is 6.61 Å². The highest BCUT2D eigenvalue weighted by Gasteiger charge is 2.17. The number of benzene rings is 1. The van der Waals surface area contributed by atoms with Gasteiger partial charge in [0, 0.05) is 31.1 Å². The standard InChI is InChI=1S/C15H20F2N2O4/c1-21-12-2-3-13(23-15(16)17)10(6-12)8-19-14(20)7-11-9-22-5-4-18-11/h2-3,6,11,15,18H,4-5,7-9H2,1H3,(H,19,20). The van der Waals surface area contributed by atoms with Crippen LogP contribution in [-0.4, -0.2) is 45.4 Å². The third-order valence-electron chi connectivity index (χ3n) is 3.39. The van der Waals surface area contributed by atoms with Gasteiger partial charge in [0.1, 0.15) is 11.5 Å². The van der Waals surface area contributed by atoms with Gasteiger partial charge in [0.05, 0.1) is 20.3 Å². The molecule has 1 aliphatic heterocycles. The van der Waals surface area contributed by atoms with Crippen LogP contribution in [-0.2, 0) is 16.1 Å². The lowest BCUT2D eigenvalue weighted by atomic mass is 10.1. The second-order valence-corrected chi connectivity index (χ2v) is 5.06. The van der Waals surface area contributed by atoms with Gasteiger partial charge < -0.3 is 24.8 Å². The second kappa shape index (κ2) is 8.64. The first kappa shape index (κ1) is 17.4. The van der Waals surface area contributed by atoms with Crippen LogP contribution in [0.4, 0.5) is 8.78 Å². The molecule has 0 bridgehead atoms. The lowest BCUT2D eigenvalue weighted by molar-refractivity contribution is -0.122. The first-order valence-corrected chi connectivity index (χ1v) is 7.28. The highest BCUT2D eigenvalue weighted by Crippen LogP contribution is 2.25. The molecule has 23 heavy (non-hydrogen) atoms. The van der Waals surface area contributed by atoms with E-state index in [1.807, 2.05) is 0 Å². The van der Waals surface area contributed by atoms with Crippen molar-refractivity contribution >= 4 is 5.91 Å². The molecule has 0 saturated carbocycles. The third kappa shape index (κ3) is 5.65. The molecule has 1 aliphatic rings. The fourth-order valence-corrected chi connectivity index (χ4v) is 2.27. The van der Waals surface area contributed by atoms with E-state index in [9.17, 15) is 13.6 Å². The summed E-state index contributed by atoms with van der Waals surface area (Å²) in [6, 6.07) is 4.43. The second-order valence-electron chi connectivity index (χ2n) is 5.06. The van der Waals surface area contributed by atoms with E-state index in [2.05, 4.69) is 15.4 Å². The summed E-state index contributed by atoms with van der Waals surface area (Å²) in [7, 11) is 1.47. The van der Waals surface area contributed by atoms with E-state index >= 15 is 0 Å². The average molecular weight is 330 g/mol. The largest absolute Gasteiger partial charge is 0.497 e. The lowest BCUT2D eigenvalue weighted by Gasteiger charge is -2.23. The van der Waals surface area contributed by atoms with E-state index in [0.29, 0.717) is 31.1 Å². The SMILES string of the molecule is COc1ccc(OC(F)F)c(CNC(=O)CC2COCCN2)c1. The first-order valence-electron chi connectivity index (χ1n) is 7.28. The number of amides is 1. The number of hydrogen-bond acceptors (Lipinski definition) is 5. The number of halogens is 2. The van der Waals surface area contributed by atoms with E-state index in [1.54, 1.807) is 6.07 Å². The summed E-state index contributed by atoms with van der Waals surface area (Å²) in [5.41, 5.74) is 0.422. The molecule has 6 nitrogen and oxygen atoms in total. The number of nitrogens with one attached hydrogen (secondary N) is 2. The van der Waals surface area contributed by atoms with Crippen LogP contribution in [0.15, 0.2) is 18.2 Å². The molecule has 0 aliphatic carbocycles. The monoisotopic (exact) mass is 330 g/mol. The van der Waals surface area contributed by atoms with Crippen molar-refractivity contribution in [3.63, 3.8) is 0 Å². The minimum Gasteiger partial charge on any atom is -0.497 e. The number of methoxy groups -OCH3 is 1. The van der Waals surface area contributed by atoms with Crippen LogP contribution in [0.25, 0.3) is 0 Å². The summed E-state index contributed by atoms with van der Waals surface area (Å²) < 4.78 is 39.6. The van der Waals surface area contributed by atoms with Gasteiger partial charge in [-0.2, -0.15) is 8.78 Å². The Hall–Kier alpha value is -1.93. The summed E-state index contributed by atoms with van der Waals surface area (Å²) in [6.45, 7) is -1.03. The van der Waals surface area contributed by atoms with Gasteiger partial charge in [-0.05, 0) is 18.2 Å². The third-order valence-corrected chi connectivity index (χ3v) is 3.39.